The standard InChI is InChI=1S/C15H19BrO2/c1-14(2)5-6-15(9-14)8-12(17)11-7-10(16)3-4-13(11)18-15/h3-4,7,12,17H,5-6,8-9H2,1-2H3/t12-,15?/m1/s1. The highest BCUT2D eigenvalue weighted by atomic mass is 79.9. The lowest BCUT2D eigenvalue weighted by Crippen LogP contribution is -2.39. The Morgan fingerprint density at radius 2 is 2.11 bits per heavy atom. The van der Waals surface area contributed by atoms with Gasteiger partial charge >= 0.3 is 0 Å². The molecule has 0 bridgehead atoms. The van der Waals surface area contributed by atoms with E-state index < -0.39 is 6.10 Å². The molecule has 0 saturated heterocycles. The largest absolute Gasteiger partial charge is 0.487 e. The fourth-order valence-electron chi connectivity index (χ4n) is 3.49. The van der Waals surface area contributed by atoms with Crippen molar-refractivity contribution in [2.45, 2.75) is 51.2 Å². The Kier molecular flexibility index (Phi) is 2.76. The Morgan fingerprint density at radius 3 is 2.78 bits per heavy atom. The number of ether oxygens (including phenoxy) is 1. The fourth-order valence-corrected chi connectivity index (χ4v) is 3.87. The minimum Gasteiger partial charge on any atom is -0.487 e. The first-order valence-corrected chi connectivity index (χ1v) is 7.35. The molecule has 2 nitrogen and oxygen atoms in total. The molecular weight excluding hydrogens is 292 g/mol. The first-order chi connectivity index (χ1) is 8.39. The molecule has 1 fully saturated rings. The highest BCUT2D eigenvalue weighted by Gasteiger charge is 2.48. The minimum absolute atomic E-state index is 0.149. The lowest BCUT2D eigenvalue weighted by molar-refractivity contribution is -0.0155. The highest BCUT2D eigenvalue weighted by molar-refractivity contribution is 9.10. The van der Waals surface area contributed by atoms with Gasteiger partial charge in [-0.05, 0) is 42.9 Å². The van der Waals surface area contributed by atoms with Crippen LogP contribution in [0.25, 0.3) is 0 Å². The molecule has 3 rings (SSSR count). The molecule has 3 heteroatoms. The van der Waals surface area contributed by atoms with Crippen LogP contribution in [0.15, 0.2) is 22.7 Å². The second kappa shape index (κ2) is 3.97. The molecule has 1 spiro atoms. The van der Waals surface area contributed by atoms with E-state index >= 15 is 0 Å². The summed E-state index contributed by atoms with van der Waals surface area (Å²) in [4.78, 5) is 0. The Morgan fingerprint density at radius 1 is 1.33 bits per heavy atom. The summed E-state index contributed by atoms with van der Waals surface area (Å²) in [6, 6.07) is 5.91. The maximum absolute atomic E-state index is 10.4. The van der Waals surface area contributed by atoms with Crippen LogP contribution in [0.3, 0.4) is 0 Å². The molecule has 0 amide bonds. The van der Waals surface area contributed by atoms with E-state index in [2.05, 4.69) is 29.8 Å². The van der Waals surface area contributed by atoms with E-state index in [0.29, 0.717) is 5.41 Å². The Labute approximate surface area is 116 Å². The zero-order chi connectivity index (χ0) is 13.0. The second-order valence-electron chi connectivity index (χ2n) is 6.53. The lowest BCUT2D eigenvalue weighted by atomic mass is 9.83. The Hall–Kier alpha value is -0.540. The van der Waals surface area contributed by atoms with Crippen LogP contribution >= 0.6 is 15.9 Å². The maximum atomic E-state index is 10.4. The zero-order valence-corrected chi connectivity index (χ0v) is 12.5. The van der Waals surface area contributed by atoms with Gasteiger partial charge in [-0.3, -0.25) is 0 Å². The Bertz CT molecular complexity index is 483. The molecular formula is C15H19BrO2. The van der Waals surface area contributed by atoms with Gasteiger partial charge in [-0.2, -0.15) is 0 Å². The van der Waals surface area contributed by atoms with Crippen molar-refractivity contribution in [3.8, 4) is 5.75 Å². The van der Waals surface area contributed by atoms with E-state index in [0.717, 1.165) is 35.0 Å². The number of aliphatic hydroxyl groups excluding tert-OH is 1. The number of halogens is 1. The van der Waals surface area contributed by atoms with Crippen molar-refractivity contribution in [3.05, 3.63) is 28.2 Å². The monoisotopic (exact) mass is 310 g/mol. The van der Waals surface area contributed by atoms with Crippen LogP contribution in [0.4, 0.5) is 0 Å². The van der Waals surface area contributed by atoms with Crippen molar-refractivity contribution in [3.63, 3.8) is 0 Å². The quantitative estimate of drug-likeness (QED) is 0.777. The van der Waals surface area contributed by atoms with Gasteiger partial charge < -0.3 is 9.84 Å². The third kappa shape index (κ3) is 2.08. The highest BCUT2D eigenvalue weighted by Crippen LogP contribution is 2.53. The van der Waals surface area contributed by atoms with Crippen LogP contribution in [0.5, 0.6) is 5.75 Å². The fraction of sp³-hybridized carbons (Fsp3) is 0.600. The molecule has 1 unspecified atom stereocenters. The van der Waals surface area contributed by atoms with Gasteiger partial charge in [0.05, 0.1) is 6.10 Å². The topological polar surface area (TPSA) is 29.5 Å². The van der Waals surface area contributed by atoms with Crippen molar-refractivity contribution in [2.75, 3.05) is 0 Å². The second-order valence-corrected chi connectivity index (χ2v) is 7.44. The number of fused-ring (bicyclic) bond motifs is 1. The summed E-state index contributed by atoms with van der Waals surface area (Å²) in [7, 11) is 0. The summed E-state index contributed by atoms with van der Waals surface area (Å²) in [6.45, 7) is 4.57. The summed E-state index contributed by atoms with van der Waals surface area (Å²) >= 11 is 3.44. The maximum Gasteiger partial charge on any atom is 0.126 e. The van der Waals surface area contributed by atoms with Gasteiger partial charge in [0, 0.05) is 16.5 Å². The molecule has 1 N–H and O–H groups in total. The van der Waals surface area contributed by atoms with E-state index in [4.69, 9.17) is 4.74 Å². The molecule has 98 valence electrons. The predicted molar refractivity (Wildman–Crippen MR) is 74.7 cm³/mol. The van der Waals surface area contributed by atoms with E-state index in [1.165, 1.54) is 6.42 Å². The molecule has 2 aliphatic rings. The minimum atomic E-state index is -0.403. The van der Waals surface area contributed by atoms with Gasteiger partial charge in [-0.1, -0.05) is 29.8 Å². The molecule has 0 radical (unpaired) electrons. The third-order valence-corrected chi connectivity index (χ3v) is 4.77. The van der Waals surface area contributed by atoms with Gasteiger partial charge in [0.2, 0.25) is 0 Å². The number of aliphatic hydroxyl groups is 1. The van der Waals surface area contributed by atoms with E-state index in [1.54, 1.807) is 0 Å². The molecule has 0 aromatic heterocycles. The lowest BCUT2D eigenvalue weighted by Gasteiger charge is -2.39. The first-order valence-electron chi connectivity index (χ1n) is 6.56. The molecule has 1 aromatic rings. The van der Waals surface area contributed by atoms with Crippen LogP contribution in [-0.4, -0.2) is 10.7 Å². The normalized spacial score (nSPS) is 33.2. The van der Waals surface area contributed by atoms with Gasteiger partial charge in [0.15, 0.2) is 0 Å². The van der Waals surface area contributed by atoms with Gasteiger partial charge in [0.1, 0.15) is 11.4 Å². The molecule has 1 heterocycles. The van der Waals surface area contributed by atoms with Crippen LogP contribution < -0.4 is 4.74 Å². The summed E-state index contributed by atoms with van der Waals surface area (Å²) in [6.07, 6.45) is 3.57. The summed E-state index contributed by atoms with van der Waals surface area (Å²) < 4.78 is 7.25. The molecule has 18 heavy (non-hydrogen) atoms. The number of hydrogen-bond donors (Lipinski definition) is 1. The van der Waals surface area contributed by atoms with Crippen molar-refractivity contribution in [2.24, 2.45) is 5.41 Å². The van der Waals surface area contributed by atoms with Gasteiger partial charge in [0.25, 0.3) is 0 Å². The van der Waals surface area contributed by atoms with E-state index in [9.17, 15) is 5.11 Å². The predicted octanol–water partition coefficient (Wildman–Crippen LogP) is 4.21. The summed E-state index contributed by atoms with van der Waals surface area (Å²) in [5.74, 6) is 0.856. The molecule has 1 aliphatic carbocycles. The van der Waals surface area contributed by atoms with Crippen molar-refractivity contribution >= 4 is 15.9 Å². The van der Waals surface area contributed by atoms with E-state index in [1.807, 2.05) is 18.2 Å². The zero-order valence-electron chi connectivity index (χ0n) is 10.9. The van der Waals surface area contributed by atoms with Crippen LogP contribution in [-0.2, 0) is 0 Å². The number of benzene rings is 1. The number of hydrogen-bond acceptors (Lipinski definition) is 2. The molecule has 1 saturated carbocycles. The van der Waals surface area contributed by atoms with Crippen LogP contribution in [0.1, 0.15) is 51.2 Å². The Balaban J connectivity index is 1.95. The average molecular weight is 311 g/mol. The summed E-state index contributed by atoms with van der Waals surface area (Å²) in [5, 5.41) is 10.4. The van der Waals surface area contributed by atoms with Gasteiger partial charge in [-0.15, -0.1) is 0 Å². The first kappa shape index (κ1) is 12.5. The van der Waals surface area contributed by atoms with Gasteiger partial charge in [-0.25, -0.2) is 0 Å². The van der Waals surface area contributed by atoms with Crippen molar-refractivity contribution in [1.29, 1.82) is 0 Å². The summed E-state index contributed by atoms with van der Waals surface area (Å²) in [5.41, 5.74) is 1.09. The smallest absolute Gasteiger partial charge is 0.126 e. The number of rotatable bonds is 0. The molecule has 1 aliphatic heterocycles. The molecule has 2 atom stereocenters. The molecule has 1 aromatic carbocycles. The average Bonchev–Trinajstić information content (AvgIpc) is 2.56. The van der Waals surface area contributed by atoms with E-state index in [-0.39, 0.29) is 5.60 Å². The third-order valence-electron chi connectivity index (χ3n) is 4.28. The van der Waals surface area contributed by atoms with Crippen molar-refractivity contribution in [1.82, 2.24) is 0 Å². The van der Waals surface area contributed by atoms with Crippen LogP contribution in [0, 0.1) is 5.41 Å². The van der Waals surface area contributed by atoms with Crippen LogP contribution in [0.2, 0.25) is 0 Å². The SMILES string of the molecule is CC1(C)CCC2(C[C@@H](O)c3cc(Br)ccc3O2)C1. The van der Waals surface area contributed by atoms with Crippen molar-refractivity contribution < 1.29 is 9.84 Å².